The largest absolute Gasteiger partial charge is 0.383 e. The van der Waals surface area contributed by atoms with Crippen LogP contribution in [-0.4, -0.2) is 17.5 Å². The summed E-state index contributed by atoms with van der Waals surface area (Å²) in [7, 11) is 0. The lowest BCUT2D eigenvalue weighted by Gasteiger charge is -2.10. The Morgan fingerprint density at radius 3 is 2.80 bits per heavy atom. The monoisotopic (exact) mass is 287 g/mol. The minimum atomic E-state index is 0.769. The van der Waals surface area contributed by atoms with E-state index in [-0.39, 0.29) is 0 Å². The summed E-state index contributed by atoms with van der Waals surface area (Å²) in [5, 5.41) is 4.19. The highest BCUT2D eigenvalue weighted by Gasteiger charge is 1.99. The molecule has 1 N–H and O–H groups in total. The van der Waals surface area contributed by atoms with Crippen LogP contribution < -0.4 is 5.32 Å². The van der Waals surface area contributed by atoms with Crippen LogP contribution in [0.5, 0.6) is 0 Å². The van der Waals surface area contributed by atoms with E-state index in [9.17, 15) is 0 Å². The van der Waals surface area contributed by atoms with E-state index in [1.807, 2.05) is 17.8 Å². The zero-order valence-electron chi connectivity index (χ0n) is 9.29. The maximum Gasteiger partial charge on any atom is 0.0484 e. The quantitative estimate of drug-likeness (QED) is 0.779. The van der Waals surface area contributed by atoms with E-state index >= 15 is 0 Å². The molecule has 0 spiro atoms. The normalized spacial score (nSPS) is 12.5. The summed E-state index contributed by atoms with van der Waals surface area (Å²) in [4.78, 5) is 0. The molecule has 0 aliphatic carbocycles. The summed E-state index contributed by atoms with van der Waals surface area (Å²) in [6.45, 7) is 5.54. The number of thioether (sulfide) groups is 1. The summed E-state index contributed by atoms with van der Waals surface area (Å²) in [6, 6.07) is 8.24. The number of hydrogen-bond donors (Lipinski definition) is 1. The molecular weight excluding hydrogens is 270 g/mol. The van der Waals surface area contributed by atoms with Crippen molar-refractivity contribution in [2.45, 2.75) is 25.5 Å². The van der Waals surface area contributed by atoms with Gasteiger partial charge < -0.3 is 5.32 Å². The molecule has 1 aromatic rings. The fourth-order valence-electron chi connectivity index (χ4n) is 1.17. The predicted octanol–water partition coefficient (Wildman–Crippen LogP) is 4.39. The molecule has 0 heterocycles. The summed E-state index contributed by atoms with van der Waals surface area (Å²) in [5.41, 5.74) is 1.18. The highest BCUT2D eigenvalue weighted by atomic mass is 79.9. The standard InChI is InChI=1S/C12H18BrNS/c1-3-10(2)15-9-8-14-12-7-5-4-6-11(12)13/h4-7,10,14H,3,8-9H2,1-2H3. The van der Waals surface area contributed by atoms with Crippen LogP contribution in [0.3, 0.4) is 0 Å². The van der Waals surface area contributed by atoms with Crippen molar-refractivity contribution < 1.29 is 0 Å². The second-order valence-corrected chi connectivity index (χ2v) is 5.90. The molecule has 0 aromatic heterocycles. The SMILES string of the molecule is CCC(C)SCCNc1ccccc1Br. The average molecular weight is 288 g/mol. The molecule has 0 saturated carbocycles. The molecule has 0 amide bonds. The highest BCUT2D eigenvalue weighted by molar-refractivity contribution is 9.10. The van der Waals surface area contributed by atoms with Gasteiger partial charge in [-0.2, -0.15) is 11.8 Å². The van der Waals surface area contributed by atoms with Crippen LogP contribution >= 0.6 is 27.7 Å². The van der Waals surface area contributed by atoms with Gasteiger partial charge in [-0.25, -0.2) is 0 Å². The molecule has 1 rings (SSSR count). The first-order valence-corrected chi connectivity index (χ1v) is 7.18. The summed E-state index contributed by atoms with van der Waals surface area (Å²) in [6.07, 6.45) is 1.25. The Hall–Kier alpha value is -0.150. The Labute approximate surface area is 105 Å². The van der Waals surface area contributed by atoms with Gasteiger partial charge in [0.25, 0.3) is 0 Å². The molecular formula is C12H18BrNS. The van der Waals surface area contributed by atoms with Crippen molar-refractivity contribution in [3.63, 3.8) is 0 Å². The molecule has 84 valence electrons. The van der Waals surface area contributed by atoms with Gasteiger partial charge in [0.1, 0.15) is 0 Å². The van der Waals surface area contributed by atoms with Crippen molar-refractivity contribution in [3.8, 4) is 0 Å². The molecule has 3 heteroatoms. The Balaban J connectivity index is 2.23. The first kappa shape index (κ1) is 12.9. The second-order valence-electron chi connectivity index (χ2n) is 3.50. The fraction of sp³-hybridized carbons (Fsp3) is 0.500. The molecule has 1 aromatic carbocycles. The van der Waals surface area contributed by atoms with Gasteiger partial charge in [0.15, 0.2) is 0 Å². The molecule has 1 nitrogen and oxygen atoms in total. The summed E-state index contributed by atoms with van der Waals surface area (Å²) >= 11 is 5.55. The van der Waals surface area contributed by atoms with Gasteiger partial charge in [0.2, 0.25) is 0 Å². The predicted molar refractivity (Wildman–Crippen MR) is 74.8 cm³/mol. The number of halogens is 1. The lowest BCUT2D eigenvalue weighted by Crippen LogP contribution is -2.07. The third kappa shape index (κ3) is 4.94. The summed E-state index contributed by atoms with van der Waals surface area (Å²) < 4.78 is 1.14. The van der Waals surface area contributed by atoms with Crippen LogP contribution in [0.4, 0.5) is 5.69 Å². The Morgan fingerprint density at radius 1 is 1.40 bits per heavy atom. The van der Waals surface area contributed by atoms with Gasteiger partial charge in [-0.05, 0) is 34.5 Å². The molecule has 1 atom stereocenters. The van der Waals surface area contributed by atoms with E-state index in [2.05, 4.69) is 53.3 Å². The third-order valence-electron chi connectivity index (χ3n) is 2.27. The first-order valence-electron chi connectivity index (χ1n) is 5.34. The van der Waals surface area contributed by atoms with Crippen LogP contribution in [0.1, 0.15) is 20.3 Å². The minimum absolute atomic E-state index is 0.769. The van der Waals surface area contributed by atoms with Crippen molar-refractivity contribution in [1.82, 2.24) is 0 Å². The number of hydrogen-bond acceptors (Lipinski definition) is 2. The lowest BCUT2D eigenvalue weighted by atomic mass is 10.3. The smallest absolute Gasteiger partial charge is 0.0484 e. The number of para-hydroxylation sites is 1. The van der Waals surface area contributed by atoms with E-state index < -0.39 is 0 Å². The van der Waals surface area contributed by atoms with Crippen molar-refractivity contribution >= 4 is 33.4 Å². The van der Waals surface area contributed by atoms with Crippen LogP contribution in [0, 0.1) is 0 Å². The van der Waals surface area contributed by atoms with Crippen LogP contribution in [0.25, 0.3) is 0 Å². The number of nitrogens with one attached hydrogen (secondary N) is 1. The molecule has 0 radical (unpaired) electrons. The molecule has 0 saturated heterocycles. The molecule has 0 aliphatic heterocycles. The molecule has 0 aliphatic rings. The number of anilines is 1. The maximum absolute atomic E-state index is 3.52. The van der Waals surface area contributed by atoms with Gasteiger partial charge >= 0.3 is 0 Å². The van der Waals surface area contributed by atoms with E-state index in [1.54, 1.807) is 0 Å². The summed E-state index contributed by atoms with van der Waals surface area (Å²) in [5.74, 6) is 1.16. The van der Waals surface area contributed by atoms with Crippen molar-refractivity contribution in [1.29, 1.82) is 0 Å². The van der Waals surface area contributed by atoms with Gasteiger partial charge in [0, 0.05) is 27.7 Å². The van der Waals surface area contributed by atoms with E-state index in [0.717, 1.165) is 22.0 Å². The number of benzene rings is 1. The third-order valence-corrected chi connectivity index (χ3v) is 4.30. The maximum atomic E-state index is 3.52. The average Bonchev–Trinajstić information content (AvgIpc) is 2.26. The Bertz CT molecular complexity index is 291. The second kappa shape index (κ2) is 7.18. The van der Waals surface area contributed by atoms with E-state index in [1.165, 1.54) is 12.1 Å². The molecule has 15 heavy (non-hydrogen) atoms. The zero-order chi connectivity index (χ0) is 11.1. The fourth-order valence-corrected chi connectivity index (χ4v) is 2.45. The van der Waals surface area contributed by atoms with Crippen molar-refractivity contribution in [2.75, 3.05) is 17.6 Å². The van der Waals surface area contributed by atoms with Crippen molar-refractivity contribution in [2.24, 2.45) is 0 Å². The molecule has 0 bridgehead atoms. The van der Waals surface area contributed by atoms with Gasteiger partial charge in [0.05, 0.1) is 0 Å². The molecule has 1 unspecified atom stereocenters. The van der Waals surface area contributed by atoms with E-state index in [0.29, 0.717) is 0 Å². The lowest BCUT2D eigenvalue weighted by molar-refractivity contribution is 0.905. The zero-order valence-corrected chi connectivity index (χ0v) is 11.7. The topological polar surface area (TPSA) is 12.0 Å². The Morgan fingerprint density at radius 2 is 2.13 bits per heavy atom. The molecule has 0 fully saturated rings. The van der Waals surface area contributed by atoms with Crippen LogP contribution in [0.15, 0.2) is 28.7 Å². The van der Waals surface area contributed by atoms with Gasteiger partial charge in [-0.3, -0.25) is 0 Å². The number of rotatable bonds is 6. The van der Waals surface area contributed by atoms with Gasteiger partial charge in [-0.15, -0.1) is 0 Å². The highest BCUT2D eigenvalue weighted by Crippen LogP contribution is 2.21. The van der Waals surface area contributed by atoms with Crippen LogP contribution in [0.2, 0.25) is 0 Å². The van der Waals surface area contributed by atoms with Crippen molar-refractivity contribution in [3.05, 3.63) is 28.7 Å². The van der Waals surface area contributed by atoms with Gasteiger partial charge in [-0.1, -0.05) is 26.0 Å². The first-order chi connectivity index (χ1) is 7.24. The Kier molecular flexibility index (Phi) is 6.18. The van der Waals surface area contributed by atoms with Crippen LogP contribution in [-0.2, 0) is 0 Å². The minimum Gasteiger partial charge on any atom is -0.383 e. The van der Waals surface area contributed by atoms with E-state index in [4.69, 9.17) is 0 Å².